The van der Waals surface area contributed by atoms with E-state index in [2.05, 4.69) is 56.1 Å². The van der Waals surface area contributed by atoms with E-state index >= 15 is 0 Å². The Morgan fingerprint density at radius 1 is 1.32 bits per heavy atom. The Balaban J connectivity index is 2.51. The summed E-state index contributed by atoms with van der Waals surface area (Å²) in [4.78, 5) is 6.99. The quantitative estimate of drug-likeness (QED) is 0.893. The summed E-state index contributed by atoms with van der Waals surface area (Å²) in [6.45, 7) is 4.94. The highest BCUT2D eigenvalue weighted by molar-refractivity contribution is 5.92. The van der Waals surface area contributed by atoms with Gasteiger partial charge in [-0.15, -0.1) is 0 Å². The number of aromatic nitrogens is 1. The third-order valence-electron chi connectivity index (χ3n) is 3.68. The van der Waals surface area contributed by atoms with E-state index in [0.29, 0.717) is 12.6 Å². The molecule has 1 atom stereocenters. The molecule has 3 nitrogen and oxygen atoms in total. The highest BCUT2D eigenvalue weighted by Gasteiger charge is 2.14. The standard InChI is InChI=1S/C16H23N3/c1-4-7-12(2)19(3)16-15-9-6-5-8-13(15)10-14(11-17)18-16/h5-6,8-10,12H,4,7,11,17H2,1-3H3. The first-order valence-electron chi connectivity index (χ1n) is 6.99. The number of hydrogen-bond donors (Lipinski definition) is 1. The van der Waals surface area contributed by atoms with Gasteiger partial charge in [0.05, 0.1) is 5.69 Å². The molecule has 1 aromatic heterocycles. The number of fused-ring (bicyclic) bond motifs is 1. The molecular weight excluding hydrogens is 234 g/mol. The SMILES string of the molecule is CCCC(C)N(C)c1nc(CN)cc2ccccc12. The van der Waals surface area contributed by atoms with Gasteiger partial charge in [0.15, 0.2) is 0 Å². The van der Waals surface area contributed by atoms with Gasteiger partial charge in [-0.2, -0.15) is 0 Å². The number of hydrogen-bond acceptors (Lipinski definition) is 3. The zero-order valence-electron chi connectivity index (χ0n) is 12.1. The summed E-state index contributed by atoms with van der Waals surface area (Å²) in [5.41, 5.74) is 6.71. The van der Waals surface area contributed by atoms with Crippen LogP contribution in [0.2, 0.25) is 0 Å². The van der Waals surface area contributed by atoms with Crippen molar-refractivity contribution in [3.8, 4) is 0 Å². The van der Waals surface area contributed by atoms with Crippen molar-refractivity contribution in [2.45, 2.75) is 39.3 Å². The topological polar surface area (TPSA) is 42.2 Å². The molecule has 1 unspecified atom stereocenters. The molecule has 2 N–H and O–H groups in total. The van der Waals surface area contributed by atoms with Crippen LogP contribution in [0.3, 0.4) is 0 Å². The second kappa shape index (κ2) is 6.02. The second-order valence-corrected chi connectivity index (χ2v) is 5.11. The molecule has 102 valence electrons. The maximum absolute atomic E-state index is 5.76. The minimum absolute atomic E-state index is 0.480. The van der Waals surface area contributed by atoms with Crippen LogP contribution in [0.4, 0.5) is 5.82 Å². The molecule has 2 rings (SSSR count). The summed E-state index contributed by atoms with van der Waals surface area (Å²) in [5.74, 6) is 1.04. The van der Waals surface area contributed by atoms with Crippen LogP contribution in [-0.2, 0) is 6.54 Å². The Labute approximate surface area is 115 Å². The largest absolute Gasteiger partial charge is 0.356 e. The average Bonchev–Trinajstić information content (AvgIpc) is 2.45. The van der Waals surface area contributed by atoms with Gasteiger partial charge >= 0.3 is 0 Å². The van der Waals surface area contributed by atoms with Gasteiger partial charge in [-0.05, 0) is 24.8 Å². The minimum atomic E-state index is 0.480. The number of rotatable bonds is 5. The van der Waals surface area contributed by atoms with Gasteiger partial charge in [0.25, 0.3) is 0 Å². The van der Waals surface area contributed by atoms with Gasteiger partial charge in [0, 0.05) is 25.0 Å². The predicted octanol–water partition coefficient (Wildman–Crippen LogP) is 3.32. The number of nitrogens with zero attached hydrogens (tertiary/aromatic N) is 2. The molecule has 0 saturated carbocycles. The van der Waals surface area contributed by atoms with Crippen LogP contribution in [0.5, 0.6) is 0 Å². The van der Waals surface area contributed by atoms with Gasteiger partial charge in [-0.25, -0.2) is 4.98 Å². The van der Waals surface area contributed by atoms with Gasteiger partial charge in [-0.1, -0.05) is 37.6 Å². The van der Waals surface area contributed by atoms with E-state index < -0.39 is 0 Å². The van der Waals surface area contributed by atoms with E-state index in [1.165, 1.54) is 23.6 Å². The predicted molar refractivity (Wildman–Crippen MR) is 82.4 cm³/mol. The summed E-state index contributed by atoms with van der Waals surface area (Å²) >= 11 is 0. The van der Waals surface area contributed by atoms with Crippen molar-refractivity contribution in [1.29, 1.82) is 0 Å². The van der Waals surface area contributed by atoms with E-state index in [1.54, 1.807) is 0 Å². The Morgan fingerprint density at radius 2 is 2.05 bits per heavy atom. The second-order valence-electron chi connectivity index (χ2n) is 5.11. The zero-order chi connectivity index (χ0) is 13.8. The lowest BCUT2D eigenvalue weighted by Gasteiger charge is -2.27. The number of anilines is 1. The molecule has 0 amide bonds. The Hall–Kier alpha value is -1.61. The smallest absolute Gasteiger partial charge is 0.136 e. The lowest BCUT2D eigenvalue weighted by atomic mass is 10.1. The molecule has 2 aromatic rings. The molecule has 3 heteroatoms. The molecule has 19 heavy (non-hydrogen) atoms. The molecule has 1 aromatic carbocycles. The van der Waals surface area contributed by atoms with Crippen molar-refractivity contribution in [3.63, 3.8) is 0 Å². The van der Waals surface area contributed by atoms with Crippen LogP contribution >= 0.6 is 0 Å². The van der Waals surface area contributed by atoms with Crippen LogP contribution in [0.25, 0.3) is 10.8 Å². The molecular formula is C16H23N3. The fourth-order valence-corrected chi connectivity index (χ4v) is 2.43. The molecule has 0 fully saturated rings. The van der Waals surface area contributed by atoms with Crippen LogP contribution in [0.1, 0.15) is 32.4 Å². The van der Waals surface area contributed by atoms with E-state index in [-0.39, 0.29) is 0 Å². The van der Waals surface area contributed by atoms with Crippen molar-refractivity contribution in [2.75, 3.05) is 11.9 Å². The molecule has 0 saturated heterocycles. The summed E-state index contributed by atoms with van der Waals surface area (Å²) in [7, 11) is 2.12. The maximum Gasteiger partial charge on any atom is 0.136 e. The van der Waals surface area contributed by atoms with E-state index in [0.717, 1.165) is 11.5 Å². The number of nitrogens with two attached hydrogens (primary N) is 1. The molecule has 0 aliphatic heterocycles. The zero-order valence-corrected chi connectivity index (χ0v) is 12.1. The van der Waals surface area contributed by atoms with Gasteiger partial charge < -0.3 is 10.6 Å². The average molecular weight is 257 g/mol. The van der Waals surface area contributed by atoms with Crippen LogP contribution in [0.15, 0.2) is 30.3 Å². The van der Waals surface area contributed by atoms with Crippen LogP contribution < -0.4 is 10.6 Å². The fraction of sp³-hybridized carbons (Fsp3) is 0.438. The highest BCUT2D eigenvalue weighted by Crippen LogP contribution is 2.26. The van der Waals surface area contributed by atoms with E-state index in [1.807, 2.05) is 0 Å². The summed E-state index contributed by atoms with van der Waals surface area (Å²) in [5, 5.41) is 2.41. The lowest BCUT2D eigenvalue weighted by Crippen LogP contribution is -2.29. The monoisotopic (exact) mass is 257 g/mol. The van der Waals surface area contributed by atoms with Crippen molar-refractivity contribution in [1.82, 2.24) is 4.98 Å². The summed E-state index contributed by atoms with van der Waals surface area (Å²) in [6, 6.07) is 10.9. The molecule has 0 aliphatic rings. The first-order valence-corrected chi connectivity index (χ1v) is 6.99. The summed E-state index contributed by atoms with van der Waals surface area (Å²) in [6.07, 6.45) is 2.35. The highest BCUT2D eigenvalue weighted by atomic mass is 15.2. The van der Waals surface area contributed by atoms with Gasteiger partial charge in [0.2, 0.25) is 0 Å². The van der Waals surface area contributed by atoms with E-state index in [4.69, 9.17) is 10.7 Å². The van der Waals surface area contributed by atoms with Crippen LogP contribution in [-0.4, -0.2) is 18.1 Å². The molecule has 0 aliphatic carbocycles. The number of benzene rings is 1. The van der Waals surface area contributed by atoms with Crippen molar-refractivity contribution >= 4 is 16.6 Å². The maximum atomic E-state index is 5.76. The van der Waals surface area contributed by atoms with Crippen molar-refractivity contribution < 1.29 is 0 Å². The van der Waals surface area contributed by atoms with Crippen molar-refractivity contribution in [3.05, 3.63) is 36.0 Å². The molecule has 0 radical (unpaired) electrons. The summed E-state index contributed by atoms with van der Waals surface area (Å²) < 4.78 is 0. The Kier molecular flexibility index (Phi) is 4.38. The molecule has 0 bridgehead atoms. The normalized spacial score (nSPS) is 12.6. The third-order valence-corrected chi connectivity index (χ3v) is 3.68. The third kappa shape index (κ3) is 2.87. The molecule has 0 spiro atoms. The van der Waals surface area contributed by atoms with Gasteiger partial charge in [-0.3, -0.25) is 0 Å². The Bertz CT molecular complexity index is 551. The lowest BCUT2D eigenvalue weighted by molar-refractivity contribution is 0.612. The van der Waals surface area contributed by atoms with E-state index in [9.17, 15) is 0 Å². The van der Waals surface area contributed by atoms with Crippen LogP contribution in [0, 0.1) is 0 Å². The molecule has 1 heterocycles. The Morgan fingerprint density at radius 3 is 2.74 bits per heavy atom. The first-order chi connectivity index (χ1) is 9.17. The van der Waals surface area contributed by atoms with Crippen molar-refractivity contribution in [2.24, 2.45) is 5.73 Å². The first kappa shape index (κ1) is 13.8. The van der Waals surface area contributed by atoms with Gasteiger partial charge in [0.1, 0.15) is 5.82 Å². The minimum Gasteiger partial charge on any atom is -0.356 e. The fourth-order valence-electron chi connectivity index (χ4n) is 2.43. The number of pyridine rings is 1.